The van der Waals surface area contributed by atoms with Crippen molar-refractivity contribution in [1.82, 2.24) is 20.9 Å². The number of nitro benzene ring substituents is 3. The van der Waals surface area contributed by atoms with Gasteiger partial charge in [0.15, 0.2) is 0 Å². The Kier molecular flexibility index (Phi) is 23.4. The number of hydrogen-bond donors (Lipinski definition) is 3. The number of methoxy groups -OCH3 is 4. The first kappa shape index (κ1) is 66.5. The predicted octanol–water partition coefficient (Wildman–Crippen LogP) is 8.42. The quantitative estimate of drug-likeness (QED) is 0.0364. The van der Waals surface area contributed by atoms with Crippen molar-refractivity contribution < 1.29 is 72.0 Å². The van der Waals surface area contributed by atoms with E-state index in [-0.39, 0.29) is 69.3 Å². The minimum absolute atomic E-state index is 0.128. The lowest BCUT2D eigenvalue weighted by Gasteiger charge is -2.30. The minimum atomic E-state index is -0.970. The van der Waals surface area contributed by atoms with Gasteiger partial charge in [-0.05, 0) is 72.2 Å². The van der Waals surface area contributed by atoms with Gasteiger partial charge in [-0.3, -0.25) is 35.2 Å². The van der Waals surface area contributed by atoms with Gasteiger partial charge in [0.25, 0.3) is 17.1 Å². The fraction of sp³-hybridized carbons (Fsp3) is 0.311. The van der Waals surface area contributed by atoms with Crippen LogP contribution in [0, 0.1) is 30.3 Å². The molecule has 25 heteroatoms. The minimum Gasteiger partial charge on any atom is -0.466 e. The van der Waals surface area contributed by atoms with E-state index in [9.17, 15) is 59.1 Å². The summed E-state index contributed by atoms with van der Waals surface area (Å²) < 4.78 is 30.2. The standard InChI is InChI=1S/C26H29N3O6.C18H20N2O6.C17H18N2O6/c1-17-22(25(30)34-4)24(20-11-8-12-21(15-20)29(32)33)23(18(2)27-17)26(31)35-14-13-28(3)16-19-9-6-5-7-10-19;1-5-26-18(22)15-11(3)19-10(2)14(17(21)25-4)16(15)12-7-6-8-13(9-12)20(23)24;1-9-13(16(20)24-3)15(14(10(2)18-9)17(21)25-4)11-7-5-6-8-12(11)19(22)23/h5-12,15,24,27H,13-14,16H2,1-4H3;6-9,16,19H,5H2,1-4H3;5-8,15,18H,1-4H3. The average Bonchev–Trinajstić information content (AvgIpc) is 0.984. The first-order chi connectivity index (χ1) is 40.9. The summed E-state index contributed by atoms with van der Waals surface area (Å²) in [4.78, 5) is 110. The molecule has 0 aliphatic carbocycles. The largest absolute Gasteiger partial charge is 0.466 e. The van der Waals surface area contributed by atoms with Crippen LogP contribution in [0.2, 0.25) is 0 Å². The van der Waals surface area contributed by atoms with E-state index in [2.05, 4.69) is 16.0 Å². The molecule has 3 aliphatic rings. The third-order valence-electron chi connectivity index (χ3n) is 13.9. The molecule has 0 fully saturated rings. The van der Waals surface area contributed by atoms with Crippen molar-refractivity contribution >= 4 is 52.9 Å². The van der Waals surface area contributed by atoms with Crippen molar-refractivity contribution in [3.05, 3.63) is 223 Å². The van der Waals surface area contributed by atoms with Gasteiger partial charge in [0.2, 0.25) is 0 Å². The highest BCUT2D eigenvalue weighted by Crippen LogP contribution is 2.44. The number of rotatable bonds is 18. The molecule has 0 spiro atoms. The molecule has 0 saturated carbocycles. The summed E-state index contributed by atoms with van der Waals surface area (Å²) in [5.41, 5.74) is 5.80. The molecule has 4 aromatic carbocycles. The third-order valence-corrected chi connectivity index (χ3v) is 13.9. The van der Waals surface area contributed by atoms with Crippen molar-refractivity contribution in [3.63, 3.8) is 0 Å². The number of dihydropyridines is 3. The molecular weight excluding hydrogens is 1120 g/mol. The molecule has 3 N–H and O–H groups in total. The normalized spacial score (nSPS) is 15.8. The lowest BCUT2D eigenvalue weighted by Crippen LogP contribution is -2.33. The van der Waals surface area contributed by atoms with Crippen LogP contribution in [0.15, 0.2) is 171 Å². The Balaban J connectivity index is 0.000000240. The SMILES string of the molecule is CCOC(=O)C1=C(C)NC(C)=C(C(=O)OC)C1c1cccc([N+](=O)[O-])c1.COC(=O)C1=C(C)NC(C)=C(C(=O)OC)C1c1ccccc1[N+](=O)[O-].COC(=O)C1=C(C)NC(C)=C(C(=O)OCCN(C)Cc2ccccc2)C1c1cccc([N+](=O)[O-])c1. The maximum atomic E-state index is 13.3. The number of para-hydroxylation sites is 1. The molecule has 0 aromatic heterocycles. The van der Waals surface area contributed by atoms with Gasteiger partial charge in [-0.1, -0.05) is 72.8 Å². The second-order valence-corrected chi connectivity index (χ2v) is 19.5. The molecule has 0 amide bonds. The molecule has 7 rings (SSSR count). The summed E-state index contributed by atoms with van der Waals surface area (Å²) in [7, 11) is 6.84. The molecular formula is C61H67N7O18. The average molecular weight is 1190 g/mol. The summed E-state index contributed by atoms with van der Waals surface area (Å²) in [5, 5.41) is 43.0. The topological polar surface area (TPSA) is 327 Å². The molecule has 4 aromatic rings. The zero-order chi connectivity index (χ0) is 63.7. The van der Waals surface area contributed by atoms with E-state index in [0.717, 1.165) is 5.56 Å². The van der Waals surface area contributed by atoms with Gasteiger partial charge in [0.1, 0.15) is 6.61 Å². The summed E-state index contributed by atoms with van der Waals surface area (Å²) in [6.45, 7) is 13.2. The van der Waals surface area contributed by atoms with E-state index in [4.69, 9.17) is 28.4 Å². The number of nitrogens with one attached hydrogen (secondary N) is 3. The van der Waals surface area contributed by atoms with Crippen molar-refractivity contribution in [3.8, 4) is 0 Å². The Bertz CT molecular complexity index is 3490. The predicted molar refractivity (Wildman–Crippen MR) is 312 cm³/mol. The van der Waals surface area contributed by atoms with Crippen LogP contribution in [0.25, 0.3) is 0 Å². The van der Waals surface area contributed by atoms with Crippen LogP contribution in [0.4, 0.5) is 17.1 Å². The highest BCUT2D eigenvalue weighted by Gasteiger charge is 2.42. The molecule has 86 heavy (non-hydrogen) atoms. The number of allylic oxidation sites excluding steroid dienone is 6. The Hall–Kier alpha value is -10.3. The Morgan fingerprint density at radius 2 is 0.826 bits per heavy atom. The van der Waals surface area contributed by atoms with Crippen molar-refractivity contribution in [2.75, 3.05) is 55.2 Å². The van der Waals surface area contributed by atoms with Gasteiger partial charge >= 0.3 is 35.8 Å². The van der Waals surface area contributed by atoms with Gasteiger partial charge < -0.3 is 44.4 Å². The molecule has 2 atom stereocenters. The summed E-state index contributed by atoms with van der Waals surface area (Å²) in [5.74, 6) is -6.49. The number of nitro groups is 3. The van der Waals surface area contributed by atoms with Crippen LogP contribution in [-0.4, -0.2) is 111 Å². The highest BCUT2D eigenvalue weighted by molar-refractivity contribution is 6.02. The molecule has 454 valence electrons. The van der Waals surface area contributed by atoms with Crippen LogP contribution >= 0.6 is 0 Å². The van der Waals surface area contributed by atoms with Crippen molar-refractivity contribution in [2.45, 2.75) is 72.8 Å². The third kappa shape index (κ3) is 15.7. The van der Waals surface area contributed by atoms with Gasteiger partial charge in [-0.25, -0.2) is 28.8 Å². The Morgan fingerprint density at radius 3 is 1.20 bits per heavy atom. The first-order valence-electron chi connectivity index (χ1n) is 26.5. The first-order valence-corrected chi connectivity index (χ1v) is 26.5. The lowest BCUT2D eigenvalue weighted by atomic mass is 9.79. The maximum Gasteiger partial charge on any atom is 0.336 e. The molecule has 3 aliphatic heterocycles. The van der Waals surface area contributed by atoms with Crippen LogP contribution in [0.5, 0.6) is 0 Å². The molecule has 0 bridgehead atoms. The number of hydrogen-bond acceptors (Lipinski definition) is 22. The summed E-state index contributed by atoms with van der Waals surface area (Å²) >= 11 is 0. The van der Waals surface area contributed by atoms with Crippen LogP contribution in [-0.2, 0) is 63.7 Å². The van der Waals surface area contributed by atoms with E-state index in [1.54, 1.807) is 66.7 Å². The number of carbonyl (C=O) groups is 6. The van der Waals surface area contributed by atoms with Crippen LogP contribution < -0.4 is 16.0 Å². The number of ether oxygens (including phenoxy) is 6. The fourth-order valence-electron chi connectivity index (χ4n) is 10.1. The second kappa shape index (κ2) is 30.3. The smallest absolute Gasteiger partial charge is 0.336 e. The highest BCUT2D eigenvalue weighted by atomic mass is 16.6. The molecule has 0 radical (unpaired) electrons. The summed E-state index contributed by atoms with van der Waals surface area (Å²) in [6.07, 6.45) is 0. The number of benzene rings is 4. The number of nitrogens with zero attached hydrogens (tertiary/aromatic N) is 4. The van der Waals surface area contributed by atoms with Gasteiger partial charge in [0.05, 0.1) is 101 Å². The molecule has 25 nitrogen and oxygen atoms in total. The number of esters is 6. The van der Waals surface area contributed by atoms with Gasteiger partial charge in [-0.15, -0.1) is 0 Å². The second-order valence-electron chi connectivity index (χ2n) is 19.5. The fourth-order valence-corrected chi connectivity index (χ4v) is 10.1. The van der Waals surface area contributed by atoms with Gasteiger partial charge in [-0.2, -0.15) is 0 Å². The number of carbonyl (C=O) groups excluding carboxylic acids is 6. The van der Waals surface area contributed by atoms with E-state index >= 15 is 0 Å². The summed E-state index contributed by atoms with van der Waals surface area (Å²) in [6, 6.07) is 27.6. The monoisotopic (exact) mass is 1190 g/mol. The van der Waals surface area contributed by atoms with E-state index in [1.807, 2.05) is 42.3 Å². The van der Waals surface area contributed by atoms with E-state index < -0.39 is 68.3 Å². The zero-order valence-electron chi connectivity index (χ0n) is 49.5. The van der Waals surface area contributed by atoms with E-state index in [0.29, 0.717) is 58.4 Å². The lowest BCUT2D eigenvalue weighted by molar-refractivity contribution is -0.385. The maximum absolute atomic E-state index is 13.3. The molecule has 3 heterocycles. The molecule has 0 saturated heterocycles. The number of non-ortho nitro benzene ring substituents is 2. The zero-order valence-corrected chi connectivity index (χ0v) is 49.5. The van der Waals surface area contributed by atoms with Crippen LogP contribution in [0.1, 0.15) is 88.5 Å². The molecule has 2 unspecified atom stereocenters. The van der Waals surface area contributed by atoms with Crippen molar-refractivity contribution in [2.24, 2.45) is 0 Å². The van der Waals surface area contributed by atoms with Gasteiger partial charge in [0, 0.05) is 83.2 Å². The van der Waals surface area contributed by atoms with Crippen LogP contribution in [0.3, 0.4) is 0 Å². The Labute approximate surface area is 495 Å². The van der Waals surface area contributed by atoms with E-state index in [1.165, 1.54) is 83.0 Å². The Morgan fingerprint density at radius 1 is 0.465 bits per heavy atom. The number of likely N-dealkylation sites (N-methyl/N-ethyl adjacent to an activating group) is 1. The van der Waals surface area contributed by atoms with Crippen molar-refractivity contribution in [1.29, 1.82) is 0 Å².